The number of hydrogen-bond acceptors (Lipinski definition) is 24. The molecule has 75 heavy (non-hydrogen) atoms. The Morgan fingerprint density at radius 1 is 0.120 bits per heavy atom. The van der Waals surface area contributed by atoms with E-state index in [1.165, 1.54) is 128 Å². The Morgan fingerprint density at radius 2 is 0.187 bits per heavy atom. The van der Waals surface area contributed by atoms with Crippen LogP contribution in [0.15, 0.2) is 0 Å². The lowest BCUT2D eigenvalue weighted by atomic mass is 10.1. The van der Waals surface area contributed by atoms with E-state index >= 15 is 0 Å². The summed E-state index contributed by atoms with van der Waals surface area (Å²) in [6.45, 7) is 8.03. The molecule has 6 heterocycles. The fourth-order valence-electron chi connectivity index (χ4n) is 7.07. The molecule has 0 aromatic rings. The van der Waals surface area contributed by atoms with Crippen molar-refractivity contribution in [2.45, 2.75) is 212 Å². The van der Waals surface area contributed by atoms with Crippen LogP contribution in [0.4, 0.5) is 0 Å². The molecule has 0 N–H and O–H groups in total. The molecule has 6 aliphatic heterocycles. The number of hydrogen-bond donors (Lipinski definition) is 0. The SMILES string of the molecule is S=S1(=S)OCCCCCCCCCCO1.S=S1(=S)OCCCCCCCCCO1.S=S1(=S)OCCCCCCCCO1.S=S1(=S)OCCCCCCCO1.S=S1(=S)OCCCCCCO1.S=S1(=S)OCCCCCO1. The van der Waals surface area contributed by atoms with E-state index in [9.17, 15) is 0 Å². The topological polar surface area (TPSA) is 111 Å². The summed E-state index contributed by atoms with van der Waals surface area (Å²) >= 11 is 60.2. The molecule has 0 aromatic carbocycles. The van der Waals surface area contributed by atoms with Crippen molar-refractivity contribution in [2.75, 3.05) is 79.3 Å². The van der Waals surface area contributed by atoms with E-state index < -0.39 is 46.3 Å². The van der Waals surface area contributed by atoms with Gasteiger partial charge in [0.2, 0.25) is 0 Å². The Balaban J connectivity index is 0.000000452. The van der Waals surface area contributed by atoms with Crippen LogP contribution >= 0.6 is 0 Å². The minimum Gasteiger partial charge on any atom is -0.290 e. The molecule has 0 amide bonds. The van der Waals surface area contributed by atoms with Crippen LogP contribution < -0.4 is 0 Å². The summed E-state index contributed by atoms with van der Waals surface area (Å²) in [4.78, 5) is 0. The third-order valence-corrected chi connectivity index (χ3v) is 23.6. The summed E-state index contributed by atoms with van der Waals surface area (Å²) in [5.74, 6) is 0. The van der Waals surface area contributed by atoms with Crippen LogP contribution in [0.2, 0.25) is 0 Å². The van der Waals surface area contributed by atoms with Crippen molar-refractivity contribution in [2.24, 2.45) is 0 Å². The minimum atomic E-state index is -2.06. The van der Waals surface area contributed by atoms with Crippen molar-refractivity contribution >= 4 is 181 Å². The van der Waals surface area contributed by atoms with Crippen molar-refractivity contribution in [1.29, 1.82) is 0 Å². The smallest absolute Gasteiger partial charge is 0.137 e. The molecule has 0 radical (unpaired) electrons. The highest BCUT2D eigenvalue weighted by Crippen LogP contribution is 2.16. The maximum atomic E-state index is 5.43. The van der Waals surface area contributed by atoms with E-state index in [1.54, 1.807) is 0 Å². The van der Waals surface area contributed by atoms with Crippen molar-refractivity contribution in [3.8, 4) is 0 Å². The predicted octanol–water partition coefficient (Wildman–Crippen LogP) is 12.5. The molecule has 0 spiro atoms. The van der Waals surface area contributed by atoms with Gasteiger partial charge in [-0.05, 0) is 83.5 Å². The van der Waals surface area contributed by atoms with Crippen LogP contribution in [0.5, 0.6) is 0 Å². The summed E-state index contributed by atoms with van der Waals surface area (Å²) in [7, 11) is -12.1. The second-order valence-electron chi connectivity index (χ2n) is 18.0. The minimum absolute atomic E-state index is 0.669. The zero-order chi connectivity index (χ0) is 55.3. The van der Waals surface area contributed by atoms with E-state index in [-0.39, 0.29) is 0 Å². The average molecular weight is 1400 g/mol. The van der Waals surface area contributed by atoms with Gasteiger partial charge in [0, 0.05) is 134 Å². The Hall–Kier alpha value is 4.26. The van der Waals surface area contributed by atoms with E-state index in [1.807, 2.05) is 0 Å². The molecule has 6 fully saturated rings. The van der Waals surface area contributed by atoms with Crippen LogP contribution in [0.25, 0.3) is 0 Å². The van der Waals surface area contributed by atoms with Crippen LogP contribution in [0.1, 0.15) is 212 Å². The van der Waals surface area contributed by atoms with Gasteiger partial charge < -0.3 is 0 Å². The van der Waals surface area contributed by atoms with Gasteiger partial charge in [-0.3, -0.25) is 50.2 Å². The highest BCUT2D eigenvalue weighted by atomic mass is 33.1. The molecule has 0 atom stereocenters. The Bertz CT molecular complexity index is 1960. The van der Waals surface area contributed by atoms with Gasteiger partial charge in [-0.15, -0.1) is 0 Å². The van der Waals surface area contributed by atoms with Gasteiger partial charge in [0.05, 0.1) is 79.3 Å². The Morgan fingerprint density at radius 3 is 0.280 bits per heavy atom. The molecule has 12 nitrogen and oxygen atoms in total. The van der Waals surface area contributed by atoms with Gasteiger partial charge in [-0.2, -0.15) is 0 Å². The van der Waals surface area contributed by atoms with Crippen molar-refractivity contribution in [3.63, 3.8) is 0 Å². The normalized spacial score (nSPS) is 26.2. The third-order valence-electron chi connectivity index (χ3n) is 11.2. The summed E-state index contributed by atoms with van der Waals surface area (Å²) < 4.78 is 63.8. The standard InChI is InChI=1S/C10H20O2S3.C9H18O2S3.C8H16O2S3.C7H14O2S3.C6H12O2S3.C5H10O2S3/c13-15(14)11-9-7-5-3-1-2-4-6-8-10-12-15;12-14(13)10-8-6-4-2-1-3-5-7-9-11-14;11-13(12)9-7-5-3-1-2-4-6-8-10-13;10-12(11)8-6-4-2-1-3-5-7-9-12;9-11(10)7-5-3-1-2-4-6-8-11;8-10(9)6-4-2-1-3-5-7-10/h1-10H2;1-9H2;1-8H2;1-7H2;1-6H2;1-5H2. The molecular weight excluding hydrogens is 1310 g/mol. The van der Waals surface area contributed by atoms with E-state index in [0.29, 0.717) is 79.3 Å². The quantitative estimate of drug-likeness (QED) is 0.229. The molecule has 450 valence electrons. The molecule has 6 rings (SSSR count). The largest absolute Gasteiger partial charge is 0.290 e. The van der Waals surface area contributed by atoms with E-state index in [0.717, 1.165) is 83.5 Å². The Labute approximate surface area is 515 Å². The van der Waals surface area contributed by atoms with Gasteiger partial charge in [0.25, 0.3) is 0 Å². The zero-order valence-electron chi connectivity index (χ0n) is 44.1. The highest BCUT2D eigenvalue weighted by Gasteiger charge is 2.10. The first kappa shape index (κ1) is 77.3. The summed E-state index contributed by atoms with van der Waals surface area (Å²) in [6, 6.07) is 0. The van der Waals surface area contributed by atoms with Crippen molar-refractivity contribution < 1.29 is 50.2 Å². The molecule has 6 saturated heterocycles. The lowest BCUT2D eigenvalue weighted by molar-refractivity contribution is 0.240. The van der Waals surface area contributed by atoms with E-state index in [2.05, 4.69) is 0 Å². The first-order valence-electron chi connectivity index (χ1n) is 27.0. The van der Waals surface area contributed by atoms with Crippen molar-refractivity contribution in [1.82, 2.24) is 0 Å². The number of rotatable bonds is 0. The molecule has 0 bridgehead atoms. The van der Waals surface area contributed by atoms with Crippen LogP contribution in [0.3, 0.4) is 0 Å². The van der Waals surface area contributed by atoms with Crippen LogP contribution in [0, 0.1) is 0 Å². The van der Waals surface area contributed by atoms with Crippen LogP contribution in [-0.4, -0.2) is 79.3 Å². The lowest BCUT2D eigenvalue weighted by Gasteiger charge is -2.14. The molecule has 6 aliphatic rings. The summed E-state index contributed by atoms with van der Waals surface area (Å²) in [6.07, 6.45) is 39.2. The second-order valence-corrected chi connectivity index (χ2v) is 45.3. The predicted molar refractivity (Wildman–Crippen MR) is 356 cm³/mol. The molecule has 0 unspecified atom stereocenters. The van der Waals surface area contributed by atoms with Gasteiger partial charge in [0.1, 0.15) is 46.3 Å². The second kappa shape index (κ2) is 49.4. The summed E-state index contributed by atoms with van der Waals surface area (Å²) in [5.41, 5.74) is 0. The Kier molecular flexibility index (Phi) is 50.9. The van der Waals surface area contributed by atoms with Gasteiger partial charge in [-0.25, -0.2) is 0 Å². The van der Waals surface area contributed by atoms with E-state index in [4.69, 9.17) is 184 Å². The third kappa shape index (κ3) is 54.6. The molecular formula is C45H90O12S18. The van der Waals surface area contributed by atoms with Gasteiger partial charge in [0.15, 0.2) is 0 Å². The van der Waals surface area contributed by atoms with Crippen molar-refractivity contribution in [3.05, 3.63) is 0 Å². The fourth-order valence-corrected chi connectivity index (χ4v) is 16.2. The average Bonchev–Trinajstić information content (AvgIpc) is 3.41. The highest BCUT2D eigenvalue weighted by molar-refractivity contribution is 8.53. The molecule has 30 heteroatoms. The maximum Gasteiger partial charge on any atom is 0.137 e. The van der Waals surface area contributed by atoms with Crippen LogP contribution in [-0.2, 0) is 231 Å². The fraction of sp³-hybridized carbons (Fsp3) is 1.00. The summed E-state index contributed by atoms with van der Waals surface area (Å²) in [5, 5.41) is 0. The monoisotopic (exact) mass is 1400 g/mol. The maximum absolute atomic E-state index is 5.43. The lowest BCUT2D eigenvalue weighted by Crippen LogP contribution is -2.12. The first-order valence-corrected chi connectivity index (χ1v) is 47.0. The van der Waals surface area contributed by atoms with Gasteiger partial charge >= 0.3 is 0 Å². The molecule has 0 aromatic heterocycles. The van der Waals surface area contributed by atoms with Gasteiger partial charge in [-0.1, -0.05) is 128 Å². The molecule has 0 saturated carbocycles. The zero-order valence-corrected chi connectivity index (χ0v) is 58.8. The molecule has 0 aliphatic carbocycles. The first-order chi connectivity index (χ1) is 35.7.